The maximum absolute atomic E-state index is 13.1. The number of thiazole rings is 1. The lowest BCUT2D eigenvalue weighted by molar-refractivity contribution is -0.189. The summed E-state index contributed by atoms with van der Waals surface area (Å²) in [4.78, 5) is 19.2. The molecule has 7 nitrogen and oxygen atoms in total. The normalized spacial score (nSPS) is 16.5. The van der Waals surface area contributed by atoms with Gasteiger partial charge < -0.3 is 14.5 Å². The van der Waals surface area contributed by atoms with Gasteiger partial charge in [0.2, 0.25) is 0 Å². The quantitative estimate of drug-likeness (QED) is 0.546. The van der Waals surface area contributed by atoms with Crippen molar-refractivity contribution in [2.75, 3.05) is 37.3 Å². The molecular weight excluding hydrogens is 512 g/mol. The molecule has 1 unspecified atom stereocenters. The first-order chi connectivity index (χ1) is 15.6. The number of alkyl halides is 6. The van der Waals surface area contributed by atoms with Crippen LogP contribution in [0.25, 0.3) is 0 Å². The first kappa shape index (κ1) is 26.1. The number of rotatable bonds is 5. The third-order valence-corrected chi connectivity index (χ3v) is 7.01. The minimum atomic E-state index is -4.72. The van der Waals surface area contributed by atoms with Crippen molar-refractivity contribution in [1.29, 1.82) is 0 Å². The summed E-state index contributed by atoms with van der Waals surface area (Å²) >= 11 is 0.803. The molecule has 188 valence electrons. The highest BCUT2D eigenvalue weighted by Crippen LogP contribution is 2.34. The van der Waals surface area contributed by atoms with Gasteiger partial charge in [0.15, 0.2) is 26.8 Å². The highest BCUT2D eigenvalue weighted by atomic mass is 32.2. The molecule has 1 saturated heterocycles. The Kier molecular flexibility index (Phi) is 7.09. The van der Waals surface area contributed by atoms with E-state index in [0.29, 0.717) is 0 Å². The van der Waals surface area contributed by atoms with E-state index in [1.54, 1.807) is 4.90 Å². The van der Waals surface area contributed by atoms with E-state index < -0.39 is 45.6 Å². The number of hydrogen-bond acceptors (Lipinski definition) is 7. The first-order valence-corrected chi connectivity index (χ1v) is 12.5. The summed E-state index contributed by atoms with van der Waals surface area (Å²) in [7, 11) is -3.77. The van der Waals surface area contributed by atoms with Gasteiger partial charge in [0.05, 0.1) is 10.5 Å². The lowest BCUT2D eigenvalue weighted by Gasteiger charge is -2.35. The van der Waals surface area contributed by atoms with E-state index in [2.05, 4.69) is 4.98 Å². The van der Waals surface area contributed by atoms with Gasteiger partial charge in [-0.05, 0) is 25.1 Å². The van der Waals surface area contributed by atoms with Crippen LogP contribution in [0.15, 0.2) is 28.5 Å². The molecule has 1 aromatic carbocycles. The molecule has 1 amide bonds. The number of halogens is 6. The van der Waals surface area contributed by atoms with Crippen molar-refractivity contribution < 1.29 is 44.3 Å². The standard InChI is InChI=1S/C19H19F6N3O4S2/c1-11(18(20,21)22)32-14-4-3-12(34(2,30)31)9-13(14)16(29)27-5-7-28(8-6-27)17-26-15(10-33-17)19(23,24)25/h3-4,9-11H,5-8H2,1-2H3. The summed E-state index contributed by atoms with van der Waals surface area (Å²) in [6.45, 7) is 1.05. The molecule has 1 aliphatic rings. The summed E-state index contributed by atoms with van der Waals surface area (Å²) in [6, 6.07) is 3.00. The number of ether oxygens (including phenoxy) is 1. The molecule has 2 heterocycles. The Morgan fingerprint density at radius 3 is 2.24 bits per heavy atom. The molecule has 0 bridgehead atoms. The van der Waals surface area contributed by atoms with E-state index in [1.165, 1.54) is 4.90 Å². The van der Waals surface area contributed by atoms with Crippen molar-refractivity contribution in [3.05, 3.63) is 34.8 Å². The number of aromatic nitrogens is 1. The fourth-order valence-corrected chi connectivity index (χ4v) is 4.61. The molecule has 2 aromatic rings. The molecule has 0 aliphatic carbocycles. The minimum absolute atomic E-state index is 0.0249. The molecule has 0 radical (unpaired) electrons. The number of benzene rings is 1. The van der Waals surface area contributed by atoms with Crippen LogP contribution >= 0.6 is 11.3 Å². The Morgan fingerprint density at radius 2 is 1.74 bits per heavy atom. The predicted molar refractivity (Wildman–Crippen MR) is 111 cm³/mol. The van der Waals surface area contributed by atoms with Gasteiger partial charge in [-0.2, -0.15) is 26.3 Å². The Bertz CT molecular complexity index is 1160. The van der Waals surface area contributed by atoms with Gasteiger partial charge in [0.25, 0.3) is 5.91 Å². The average molecular weight is 532 g/mol. The maximum atomic E-state index is 13.1. The lowest BCUT2D eigenvalue weighted by atomic mass is 10.1. The third kappa shape index (κ3) is 5.92. The molecule has 0 spiro atoms. The van der Waals surface area contributed by atoms with Gasteiger partial charge in [-0.1, -0.05) is 0 Å². The zero-order chi connectivity index (χ0) is 25.5. The number of nitrogens with zero attached hydrogens (tertiary/aromatic N) is 3. The molecular formula is C19H19F6N3O4S2. The van der Waals surface area contributed by atoms with Gasteiger partial charge in [0, 0.05) is 37.8 Å². The van der Waals surface area contributed by atoms with Crippen LogP contribution in [-0.4, -0.2) is 68.9 Å². The molecule has 1 fully saturated rings. The molecule has 0 saturated carbocycles. The van der Waals surface area contributed by atoms with Crippen LogP contribution in [0, 0.1) is 0 Å². The zero-order valence-corrected chi connectivity index (χ0v) is 19.4. The monoisotopic (exact) mass is 531 g/mol. The van der Waals surface area contributed by atoms with Crippen LogP contribution in [0.3, 0.4) is 0 Å². The van der Waals surface area contributed by atoms with E-state index in [4.69, 9.17) is 4.74 Å². The number of sulfone groups is 1. The molecule has 1 atom stereocenters. The Labute approximate surface area is 194 Å². The van der Waals surface area contributed by atoms with E-state index in [-0.39, 0.29) is 41.8 Å². The van der Waals surface area contributed by atoms with Crippen molar-refractivity contribution >= 4 is 32.2 Å². The SMILES string of the molecule is CC(Oc1ccc(S(C)(=O)=O)cc1C(=O)N1CCN(c2nc(C(F)(F)F)cs2)CC1)C(F)(F)F. The second-order valence-corrected chi connectivity index (χ2v) is 10.4. The number of anilines is 1. The third-order valence-electron chi connectivity index (χ3n) is 4.99. The van der Waals surface area contributed by atoms with Crippen molar-refractivity contribution in [2.45, 2.75) is 30.3 Å². The Morgan fingerprint density at radius 1 is 1.12 bits per heavy atom. The van der Waals surface area contributed by atoms with Crippen LogP contribution in [-0.2, 0) is 16.0 Å². The van der Waals surface area contributed by atoms with E-state index >= 15 is 0 Å². The largest absolute Gasteiger partial charge is 0.480 e. The van der Waals surface area contributed by atoms with Crippen molar-refractivity contribution in [1.82, 2.24) is 9.88 Å². The fraction of sp³-hybridized carbons (Fsp3) is 0.474. The number of carbonyl (C=O) groups excluding carboxylic acids is 1. The summed E-state index contributed by atoms with van der Waals surface area (Å²) in [5, 5.41) is 1.01. The molecule has 34 heavy (non-hydrogen) atoms. The van der Waals surface area contributed by atoms with Gasteiger partial charge in [0.1, 0.15) is 5.75 Å². The van der Waals surface area contributed by atoms with Crippen LogP contribution in [0.1, 0.15) is 23.0 Å². The van der Waals surface area contributed by atoms with Crippen molar-refractivity contribution in [3.8, 4) is 5.75 Å². The van der Waals surface area contributed by atoms with Gasteiger partial charge in [-0.25, -0.2) is 13.4 Å². The highest BCUT2D eigenvalue weighted by molar-refractivity contribution is 7.90. The van der Waals surface area contributed by atoms with Gasteiger partial charge in [-0.15, -0.1) is 11.3 Å². The Balaban J connectivity index is 1.81. The molecule has 1 aromatic heterocycles. The number of amides is 1. The van der Waals surface area contributed by atoms with Crippen LogP contribution < -0.4 is 9.64 Å². The summed E-state index contributed by atoms with van der Waals surface area (Å²) in [6.07, 6.45) is -10.7. The molecule has 1 aliphatic heterocycles. The number of hydrogen-bond donors (Lipinski definition) is 0. The average Bonchev–Trinajstić information content (AvgIpc) is 3.23. The molecule has 0 N–H and O–H groups in total. The van der Waals surface area contributed by atoms with E-state index in [9.17, 15) is 39.6 Å². The van der Waals surface area contributed by atoms with Gasteiger partial charge >= 0.3 is 12.4 Å². The van der Waals surface area contributed by atoms with Crippen molar-refractivity contribution in [3.63, 3.8) is 0 Å². The molecule has 15 heteroatoms. The first-order valence-electron chi connectivity index (χ1n) is 9.72. The maximum Gasteiger partial charge on any atom is 0.434 e. The molecule has 3 rings (SSSR count). The minimum Gasteiger partial charge on any atom is -0.480 e. The van der Waals surface area contributed by atoms with Crippen LogP contribution in [0.2, 0.25) is 0 Å². The smallest absolute Gasteiger partial charge is 0.434 e. The highest BCUT2D eigenvalue weighted by Gasteiger charge is 2.39. The summed E-state index contributed by atoms with van der Waals surface area (Å²) < 4.78 is 106. The Hall–Kier alpha value is -2.55. The topological polar surface area (TPSA) is 79.8 Å². The lowest BCUT2D eigenvalue weighted by Crippen LogP contribution is -2.49. The predicted octanol–water partition coefficient (Wildman–Crippen LogP) is 3.86. The number of piperazine rings is 1. The number of carbonyl (C=O) groups is 1. The van der Waals surface area contributed by atoms with E-state index in [1.807, 2.05) is 0 Å². The van der Waals surface area contributed by atoms with Crippen molar-refractivity contribution in [2.24, 2.45) is 0 Å². The fourth-order valence-electron chi connectivity index (χ4n) is 3.08. The summed E-state index contributed by atoms with van der Waals surface area (Å²) in [5.74, 6) is -1.19. The van der Waals surface area contributed by atoms with E-state index in [0.717, 1.165) is 48.1 Å². The van der Waals surface area contributed by atoms with Gasteiger partial charge in [-0.3, -0.25) is 4.79 Å². The van der Waals surface area contributed by atoms with Crippen LogP contribution in [0.4, 0.5) is 31.5 Å². The zero-order valence-electron chi connectivity index (χ0n) is 17.8. The second-order valence-electron chi connectivity index (χ2n) is 7.52. The van der Waals surface area contributed by atoms with Crippen LogP contribution in [0.5, 0.6) is 5.75 Å². The summed E-state index contributed by atoms with van der Waals surface area (Å²) in [5.41, 5.74) is -1.38. The second kappa shape index (κ2) is 9.24.